The molecule has 0 aliphatic rings. The predicted molar refractivity (Wildman–Crippen MR) is 56.8 cm³/mol. The fourth-order valence-corrected chi connectivity index (χ4v) is 1.12. The summed E-state index contributed by atoms with van der Waals surface area (Å²) in [5, 5.41) is 0. The van der Waals surface area contributed by atoms with E-state index in [4.69, 9.17) is 5.84 Å². The number of hydrogen-bond donors (Lipinski definition) is 2. The first-order chi connectivity index (χ1) is 7.54. The van der Waals surface area contributed by atoms with Gasteiger partial charge in [-0.3, -0.25) is 15.0 Å². The monoisotopic (exact) mass is 225 g/mol. The lowest BCUT2D eigenvalue weighted by Crippen LogP contribution is -2.36. The molecule has 0 aliphatic carbocycles. The van der Waals surface area contributed by atoms with Crippen LogP contribution in [0.1, 0.15) is 6.42 Å². The molecule has 16 heavy (non-hydrogen) atoms. The van der Waals surface area contributed by atoms with Gasteiger partial charge < -0.3 is 4.90 Å². The largest absolute Gasteiger partial charge is 0.315 e. The molecule has 0 aromatic heterocycles. The van der Waals surface area contributed by atoms with Crippen LogP contribution < -0.4 is 16.2 Å². The second kappa shape index (κ2) is 5.22. The van der Waals surface area contributed by atoms with Gasteiger partial charge in [0.15, 0.2) is 0 Å². The molecule has 0 aliphatic heterocycles. The van der Waals surface area contributed by atoms with Gasteiger partial charge in [0, 0.05) is 12.7 Å². The summed E-state index contributed by atoms with van der Waals surface area (Å²) in [7, 11) is 1.50. The number of rotatable bonds is 3. The second-order valence-corrected chi connectivity index (χ2v) is 3.17. The smallest absolute Gasteiger partial charge is 0.243 e. The number of hydrazine groups is 1. The van der Waals surface area contributed by atoms with Crippen LogP contribution in [0.15, 0.2) is 24.3 Å². The average molecular weight is 225 g/mol. The topological polar surface area (TPSA) is 75.4 Å². The van der Waals surface area contributed by atoms with Gasteiger partial charge in [-0.25, -0.2) is 10.2 Å². The highest BCUT2D eigenvalue weighted by Gasteiger charge is 2.14. The molecule has 0 atom stereocenters. The molecule has 0 bridgehead atoms. The minimum absolute atomic E-state index is 0.343. The third kappa shape index (κ3) is 3.03. The summed E-state index contributed by atoms with van der Waals surface area (Å²) in [5.74, 6) is 3.48. The van der Waals surface area contributed by atoms with Crippen molar-refractivity contribution in [3.63, 3.8) is 0 Å². The molecule has 0 radical (unpaired) electrons. The number of carbonyl (C=O) groups excluding carboxylic acids is 2. The van der Waals surface area contributed by atoms with Crippen LogP contribution in [-0.4, -0.2) is 18.9 Å². The summed E-state index contributed by atoms with van der Waals surface area (Å²) < 4.78 is 12.6. The summed E-state index contributed by atoms with van der Waals surface area (Å²) in [5.41, 5.74) is 2.38. The normalized spacial score (nSPS) is 9.69. The summed E-state index contributed by atoms with van der Waals surface area (Å²) >= 11 is 0. The van der Waals surface area contributed by atoms with Crippen molar-refractivity contribution in [3.05, 3.63) is 30.1 Å². The molecule has 6 heteroatoms. The quantitative estimate of drug-likeness (QED) is 0.333. The van der Waals surface area contributed by atoms with E-state index in [2.05, 4.69) is 0 Å². The summed E-state index contributed by atoms with van der Waals surface area (Å²) in [6, 6.07) is 5.38. The number of halogens is 1. The van der Waals surface area contributed by atoms with Crippen molar-refractivity contribution in [2.45, 2.75) is 6.42 Å². The number of hydrogen-bond acceptors (Lipinski definition) is 3. The number of carbonyl (C=O) groups is 2. The molecule has 5 nitrogen and oxygen atoms in total. The molecule has 0 spiro atoms. The number of amides is 2. The van der Waals surface area contributed by atoms with E-state index in [9.17, 15) is 14.0 Å². The van der Waals surface area contributed by atoms with E-state index in [1.54, 1.807) is 0 Å². The molecular weight excluding hydrogens is 213 g/mol. The van der Waals surface area contributed by atoms with Gasteiger partial charge in [0.1, 0.15) is 12.2 Å². The number of nitrogens with one attached hydrogen (secondary N) is 1. The van der Waals surface area contributed by atoms with Crippen LogP contribution in [0, 0.1) is 5.82 Å². The molecule has 0 saturated carbocycles. The molecule has 0 fully saturated rings. The highest BCUT2D eigenvalue weighted by atomic mass is 19.1. The standard InChI is InChI=1S/C10H12FN3O2/c1-14(10(16)6-9(15)13-12)8-4-2-7(11)3-5-8/h2-5H,6,12H2,1H3,(H,13,15). The highest BCUT2D eigenvalue weighted by molar-refractivity contribution is 6.04. The highest BCUT2D eigenvalue weighted by Crippen LogP contribution is 2.13. The first kappa shape index (κ1) is 12.1. The number of nitrogens with zero attached hydrogens (tertiary/aromatic N) is 1. The Morgan fingerprint density at radius 1 is 1.38 bits per heavy atom. The van der Waals surface area contributed by atoms with Crippen molar-refractivity contribution in [1.29, 1.82) is 0 Å². The van der Waals surface area contributed by atoms with Crippen LogP contribution in [0.25, 0.3) is 0 Å². The van der Waals surface area contributed by atoms with Gasteiger partial charge in [-0.05, 0) is 24.3 Å². The van der Waals surface area contributed by atoms with Crippen LogP contribution in [0.4, 0.5) is 10.1 Å². The third-order valence-electron chi connectivity index (χ3n) is 2.06. The Morgan fingerprint density at radius 3 is 2.44 bits per heavy atom. The van der Waals surface area contributed by atoms with Gasteiger partial charge in [0.2, 0.25) is 11.8 Å². The fourth-order valence-electron chi connectivity index (χ4n) is 1.12. The van der Waals surface area contributed by atoms with E-state index < -0.39 is 11.8 Å². The number of anilines is 1. The van der Waals surface area contributed by atoms with Gasteiger partial charge in [-0.15, -0.1) is 0 Å². The van der Waals surface area contributed by atoms with E-state index in [1.165, 1.54) is 36.2 Å². The Hall–Kier alpha value is -1.95. The summed E-state index contributed by atoms with van der Waals surface area (Å²) in [6.45, 7) is 0. The zero-order valence-electron chi connectivity index (χ0n) is 8.74. The van der Waals surface area contributed by atoms with E-state index in [1.807, 2.05) is 5.43 Å². The fraction of sp³-hybridized carbons (Fsp3) is 0.200. The van der Waals surface area contributed by atoms with Gasteiger partial charge in [-0.1, -0.05) is 0 Å². The van der Waals surface area contributed by atoms with Crippen molar-refractivity contribution >= 4 is 17.5 Å². The molecule has 0 heterocycles. The maximum absolute atomic E-state index is 12.6. The molecule has 86 valence electrons. The summed E-state index contributed by atoms with van der Waals surface area (Å²) in [6.07, 6.45) is -0.343. The zero-order valence-corrected chi connectivity index (χ0v) is 8.74. The molecule has 1 rings (SSSR count). The van der Waals surface area contributed by atoms with Gasteiger partial charge in [0.05, 0.1) is 0 Å². The molecule has 0 unspecified atom stereocenters. The van der Waals surface area contributed by atoms with Crippen molar-refractivity contribution in [2.24, 2.45) is 5.84 Å². The van der Waals surface area contributed by atoms with Crippen LogP contribution in [0.3, 0.4) is 0 Å². The maximum atomic E-state index is 12.6. The zero-order chi connectivity index (χ0) is 12.1. The maximum Gasteiger partial charge on any atom is 0.243 e. The Bertz CT molecular complexity index is 392. The molecule has 3 N–H and O–H groups in total. The molecule has 2 amide bonds. The van der Waals surface area contributed by atoms with Crippen molar-refractivity contribution in [3.8, 4) is 0 Å². The lowest BCUT2D eigenvalue weighted by Gasteiger charge is -2.16. The van der Waals surface area contributed by atoms with E-state index in [0.29, 0.717) is 5.69 Å². The SMILES string of the molecule is CN(C(=O)CC(=O)NN)c1ccc(F)cc1. The minimum Gasteiger partial charge on any atom is -0.315 e. The predicted octanol–water partition coefficient (Wildman–Crippen LogP) is 0.168. The first-order valence-corrected chi connectivity index (χ1v) is 4.56. The van der Waals surface area contributed by atoms with Crippen molar-refractivity contribution < 1.29 is 14.0 Å². The molecule has 0 saturated heterocycles. The van der Waals surface area contributed by atoms with E-state index in [0.717, 1.165) is 0 Å². The van der Waals surface area contributed by atoms with Gasteiger partial charge in [0.25, 0.3) is 0 Å². The van der Waals surface area contributed by atoms with Crippen molar-refractivity contribution in [2.75, 3.05) is 11.9 Å². The summed E-state index contributed by atoms with van der Waals surface area (Å²) in [4.78, 5) is 23.6. The van der Waals surface area contributed by atoms with E-state index >= 15 is 0 Å². The van der Waals surface area contributed by atoms with Crippen molar-refractivity contribution in [1.82, 2.24) is 5.43 Å². The number of nitrogens with two attached hydrogens (primary N) is 1. The van der Waals surface area contributed by atoms with Crippen LogP contribution >= 0.6 is 0 Å². The third-order valence-corrected chi connectivity index (χ3v) is 2.06. The molecular formula is C10H12FN3O2. The van der Waals surface area contributed by atoms with Crippen LogP contribution in [0.5, 0.6) is 0 Å². The lowest BCUT2D eigenvalue weighted by molar-refractivity contribution is -0.127. The first-order valence-electron chi connectivity index (χ1n) is 4.56. The Kier molecular flexibility index (Phi) is 3.96. The van der Waals surface area contributed by atoms with E-state index in [-0.39, 0.29) is 12.2 Å². The number of benzene rings is 1. The van der Waals surface area contributed by atoms with Crippen LogP contribution in [0.2, 0.25) is 0 Å². The van der Waals surface area contributed by atoms with Crippen LogP contribution in [-0.2, 0) is 9.59 Å². The van der Waals surface area contributed by atoms with Gasteiger partial charge in [-0.2, -0.15) is 0 Å². The lowest BCUT2D eigenvalue weighted by atomic mass is 10.2. The minimum atomic E-state index is -0.570. The average Bonchev–Trinajstić information content (AvgIpc) is 2.28. The molecule has 1 aromatic carbocycles. The Labute approximate surface area is 92.0 Å². The second-order valence-electron chi connectivity index (χ2n) is 3.17. The Balaban J connectivity index is 2.70. The van der Waals surface area contributed by atoms with Gasteiger partial charge >= 0.3 is 0 Å². The molecule has 1 aromatic rings. The Morgan fingerprint density at radius 2 is 1.94 bits per heavy atom.